The first kappa shape index (κ1) is 14.8. The molecule has 5 heteroatoms. The minimum atomic E-state index is 0.508. The van der Waals surface area contributed by atoms with Crippen molar-refractivity contribution in [3.63, 3.8) is 0 Å². The number of rotatable bonds is 3. The third-order valence-electron chi connectivity index (χ3n) is 4.19. The van der Waals surface area contributed by atoms with Gasteiger partial charge in [0, 0.05) is 43.6 Å². The van der Waals surface area contributed by atoms with Gasteiger partial charge < -0.3 is 10.2 Å². The zero-order valence-corrected chi connectivity index (χ0v) is 13.5. The van der Waals surface area contributed by atoms with E-state index in [2.05, 4.69) is 37.3 Å². The SMILES string of the molecule is CNc1cc([C@@H]2CCCN(c3nc(C)cc(C)n3)C2)ccn1. The molecule has 0 aliphatic carbocycles. The second kappa shape index (κ2) is 6.30. The highest BCUT2D eigenvalue weighted by Crippen LogP contribution is 2.29. The summed E-state index contributed by atoms with van der Waals surface area (Å²) >= 11 is 0. The van der Waals surface area contributed by atoms with E-state index in [4.69, 9.17) is 0 Å². The predicted octanol–water partition coefficient (Wildman–Crippen LogP) is 2.91. The van der Waals surface area contributed by atoms with Crippen LogP contribution < -0.4 is 10.2 Å². The third-order valence-corrected chi connectivity index (χ3v) is 4.19. The van der Waals surface area contributed by atoms with Gasteiger partial charge in [0.15, 0.2) is 0 Å². The highest BCUT2D eigenvalue weighted by molar-refractivity contribution is 5.40. The quantitative estimate of drug-likeness (QED) is 0.944. The van der Waals surface area contributed by atoms with Crippen molar-refractivity contribution in [2.45, 2.75) is 32.6 Å². The van der Waals surface area contributed by atoms with Crippen LogP contribution in [-0.2, 0) is 0 Å². The Kier molecular flexibility index (Phi) is 4.22. The largest absolute Gasteiger partial charge is 0.373 e. The number of nitrogens with zero attached hydrogens (tertiary/aromatic N) is 4. The van der Waals surface area contributed by atoms with E-state index in [0.29, 0.717) is 5.92 Å². The Bertz CT molecular complexity index is 635. The summed E-state index contributed by atoms with van der Waals surface area (Å²) in [6, 6.07) is 6.29. The lowest BCUT2D eigenvalue weighted by atomic mass is 9.91. The van der Waals surface area contributed by atoms with Gasteiger partial charge in [-0.1, -0.05) is 0 Å². The summed E-state index contributed by atoms with van der Waals surface area (Å²) in [7, 11) is 1.91. The predicted molar refractivity (Wildman–Crippen MR) is 89.5 cm³/mol. The fraction of sp³-hybridized carbons (Fsp3) is 0.471. The molecule has 2 aromatic rings. The van der Waals surface area contributed by atoms with Crippen LogP contribution in [0, 0.1) is 13.8 Å². The summed E-state index contributed by atoms with van der Waals surface area (Å²) in [6.45, 7) is 6.06. The van der Waals surface area contributed by atoms with E-state index >= 15 is 0 Å². The van der Waals surface area contributed by atoms with Crippen LogP contribution in [-0.4, -0.2) is 35.1 Å². The second-order valence-corrected chi connectivity index (χ2v) is 5.96. The molecule has 2 aromatic heterocycles. The topological polar surface area (TPSA) is 53.9 Å². The minimum absolute atomic E-state index is 0.508. The standard InChI is InChI=1S/C17H23N5/c1-12-9-13(2)21-17(20-12)22-8-4-5-15(11-22)14-6-7-19-16(10-14)18-3/h6-7,9-10,15H,4-5,8,11H2,1-3H3,(H,18,19)/t15-/m1/s1. The van der Waals surface area contributed by atoms with Gasteiger partial charge in [-0.2, -0.15) is 0 Å². The molecule has 1 aliphatic heterocycles. The molecule has 1 fully saturated rings. The maximum absolute atomic E-state index is 4.61. The van der Waals surface area contributed by atoms with Gasteiger partial charge in [0.1, 0.15) is 5.82 Å². The smallest absolute Gasteiger partial charge is 0.225 e. The number of hydrogen-bond donors (Lipinski definition) is 1. The van der Waals surface area contributed by atoms with Gasteiger partial charge in [0.25, 0.3) is 0 Å². The third kappa shape index (κ3) is 3.18. The van der Waals surface area contributed by atoms with Crippen LogP contribution in [0.2, 0.25) is 0 Å². The molecule has 0 amide bonds. The average molecular weight is 297 g/mol. The van der Waals surface area contributed by atoms with Crippen LogP contribution in [0.25, 0.3) is 0 Å². The van der Waals surface area contributed by atoms with Crippen molar-refractivity contribution in [2.24, 2.45) is 0 Å². The number of hydrogen-bond acceptors (Lipinski definition) is 5. The Labute approximate surface area is 131 Å². The molecule has 5 nitrogen and oxygen atoms in total. The molecule has 22 heavy (non-hydrogen) atoms. The van der Waals surface area contributed by atoms with Gasteiger partial charge in [-0.25, -0.2) is 15.0 Å². The number of nitrogens with one attached hydrogen (secondary N) is 1. The molecule has 1 N–H and O–H groups in total. The maximum Gasteiger partial charge on any atom is 0.225 e. The Balaban J connectivity index is 1.81. The average Bonchev–Trinajstić information content (AvgIpc) is 2.54. The molecule has 1 aliphatic rings. The van der Waals surface area contributed by atoms with E-state index in [0.717, 1.165) is 42.7 Å². The van der Waals surface area contributed by atoms with Crippen LogP contribution in [0.3, 0.4) is 0 Å². The van der Waals surface area contributed by atoms with Crippen molar-refractivity contribution < 1.29 is 0 Å². The molecule has 0 bridgehead atoms. The second-order valence-electron chi connectivity index (χ2n) is 5.96. The molecule has 3 heterocycles. The summed E-state index contributed by atoms with van der Waals surface area (Å²) in [5.41, 5.74) is 3.41. The van der Waals surface area contributed by atoms with Crippen molar-refractivity contribution in [3.05, 3.63) is 41.3 Å². The molecule has 116 valence electrons. The molecule has 1 atom stereocenters. The van der Waals surface area contributed by atoms with Crippen LogP contribution >= 0.6 is 0 Å². The summed E-state index contributed by atoms with van der Waals surface area (Å²) in [6.07, 6.45) is 4.25. The zero-order chi connectivity index (χ0) is 15.5. The van der Waals surface area contributed by atoms with Crippen molar-refractivity contribution in [3.8, 4) is 0 Å². The molecule has 0 radical (unpaired) electrons. The van der Waals surface area contributed by atoms with Gasteiger partial charge in [-0.3, -0.25) is 0 Å². The summed E-state index contributed by atoms with van der Waals surface area (Å²) in [4.78, 5) is 15.8. The first-order valence-electron chi connectivity index (χ1n) is 7.86. The lowest BCUT2D eigenvalue weighted by Gasteiger charge is -2.33. The highest BCUT2D eigenvalue weighted by Gasteiger charge is 2.23. The van der Waals surface area contributed by atoms with Crippen molar-refractivity contribution >= 4 is 11.8 Å². The molecule has 1 saturated heterocycles. The van der Waals surface area contributed by atoms with Gasteiger partial charge in [-0.05, 0) is 50.5 Å². The fourth-order valence-electron chi connectivity index (χ4n) is 3.12. The number of anilines is 2. The Morgan fingerprint density at radius 2 is 1.95 bits per heavy atom. The molecule has 0 unspecified atom stereocenters. The van der Waals surface area contributed by atoms with Crippen LogP contribution in [0.5, 0.6) is 0 Å². The van der Waals surface area contributed by atoms with E-state index in [1.54, 1.807) is 0 Å². The van der Waals surface area contributed by atoms with Crippen molar-refractivity contribution in [1.29, 1.82) is 0 Å². The van der Waals surface area contributed by atoms with Crippen molar-refractivity contribution in [2.75, 3.05) is 30.4 Å². The van der Waals surface area contributed by atoms with E-state index in [1.165, 1.54) is 12.0 Å². The monoisotopic (exact) mass is 297 g/mol. The number of aromatic nitrogens is 3. The van der Waals surface area contributed by atoms with Gasteiger partial charge in [0.2, 0.25) is 5.95 Å². The maximum atomic E-state index is 4.61. The van der Waals surface area contributed by atoms with Crippen molar-refractivity contribution in [1.82, 2.24) is 15.0 Å². The summed E-state index contributed by atoms with van der Waals surface area (Å²) in [5.74, 6) is 2.30. The zero-order valence-electron chi connectivity index (χ0n) is 13.5. The first-order chi connectivity index (χ1) is 10.7. The highest BCUT2D eigenvalue weighted by atomic mass is 15.3. The van der Waals surface area contributed by atoms with E-state index in [1.807, 2.05) is 33.2 Å². The van der Waals surface area contributed by atoms with Crippen LogP contribution in [0.1, 0.15) is 35.7 Å². The molecule has 0 saturated carbocycles. The molecule has 0 aromatic carbocycles. The summed E-state index contributed by atoms with van der Waals surface area (Å²) < 4.78 is 0. The number of piperidine rings is 1. The summed E-state index contributed by atoms with van der Waals surface area (Å²) in [5, 5.41) is 3.11. The molecular formula is C17H23N5. The Morgan fingerprint density at radius 1 is 1.18 bits per heavy atom. The molecule has 3 rings (SSSR count). The van der Waals surface area contributed by atoms with Crippen LogP contribution in [0.4, 0.5) is 11.8 Å². The number of aryl methyl sites for hydroxylation is 2. The van der Waals surface area contributed by atoms with Gasteiger partial charge >= 0.3 is 0 Å². The molecular weight excluding hydrogens is 274 g/mol. The lowest BCUT2D eigenvalue weighted by molar-refractivity contribution is 0.503. The Morgan fingerprint density at radius 3 is 2.68 bits per heavy atom. The molecule has 0 spiro atoms. The van der Waals surface area contributed by atoms with E-state index < -0.39 is 0 Å². The normalized spacial score (nSPS) is 18.3. The number of pyridine rings is 1. The minimum Gasteiger partial charge on any atom is -0.373 e. The van der Waals surface area contributed by atoms with Gasteiger partial charge in [-0.15, -0.1) is 0 Å². The van der Waals surface area contributed by atoms with Crippen LogP contribution in [0.15, 0.2) is 24.4 Å². The van der Waals surface area contributed by atoms with E-state index in [-0.39, 0.29) is 0 Å². The van der Waals surface area contributed by atoms with Gasteiger partial charge in [0.05, 0.1) is 0 Å². The lowest BCUT2D eigenvalue weighted by Crippen LogP contribution is -2.35. The van der Waals surface area contributed by atoms with E-state index in [9.17, 15) is 0 Å². The Hall–Kier alpha value is -2.17. The first-order valence-corrected chi connectivity index (χ1v) is 7.86. The fourth-order valence-corrected chi connectivity index (χ4v) is 3.12.